The number of amides is 3. The average Bonchev–Trinajstić information content (AvgIpc) is 1.99. The van der Waals surface area contributed by atoms with Crippen LogP contribution in [0.3, 0.4) is 0 Å². The van der Waals surface area contributed by atoms with E-state index in [4.69, 9.17) is 15.2 Å². The highest BCUT2D eigenvalue weighted by Gasteiger charge is 2.51. The first-order chi connectivity index (χ1) is 41.1. The molecule has 4 aromatic carbocycles. The topological polar surface area (TPSA) is 284 Å². The fourth-order valence-corrected chi connectivity index (χ4v) is 10.1. The van der Waals surface area contributed by atoms with Crippen molar-refractivity contribution in [1.82, 2.24) is 16.0 Å². The van der Waals surface area contributed by atoms with Gasteiger partial charge >= 0.3 is 5.97 Å². The van der Waals surface area contributed by atoms with Crippen molar-refractivity contribution in [2.24, 2.45) is 41.2 Å². The van der Waals surface area contributed by atoms with E-state index in [0.29, 0.717) is 57.7 Å². The summed E-state index contributed by atoms with van der Waals surface area (Å²) in [5, 5.41) is 38.8. The quantitative estimate of drug-likeness (QED) is 0.0213. The van der Waals surface area contributed by atoms with E-state index >= 15 is 0 Å². The van der Waals surface area contributed by atoms with Gasteiger partial charge in [0.05, 0.1) is 43.3 Å². The van der Waals surface area contributed by atoms with Gasteiger partial charge in [0, 0.05) is 18.8 Å². The van der Waals surface area contributed by atoms with Gasteiger partial charge in [-0.05, 0) is 124 Å². The van der Waals surface area contributed by atoms with E-state index in [2.05, 4.69) is 29.8 Å². The number of nitrogens with one attached hydrogen (secondary N) is 3. The van der Waals surface area contributed by atoms with Crippen molar-refractivity contribution in [2.45, 2.75) is 194 Å². The van der Waals surface area contributed by atoms with Gasteiger partial charge in [0.2, 0.25) is 17.7 Å². The van der Waals surface area contributed by atoms with E-state index in [1.54, 1.807) is 13.8 Å². The summed E-state index contributed by atoms with van der Waals surface area (Å²) in [4.78, 5) is 102. The van der Waals surface area contributed by atoms with Crippen molar-refractivity contribution in [1.29, 1.82) is 0 Å². The molecule has 17 heteroatoms. The standard InChI is InChI=1S/C35H48N2O6.C26H33NO5.C9H17NO2/c1-23(2)18-28(36-34(42)30(38)17-16-25-12-8-6-9-13-25)31(39)21-27(20-26-14-10-7-11-15-26)33(41)37-29(19-24(3)4)32(40)35(5)22-43-35;1-18(2)15-22(27-25(30)23(28)14-13-19-9-5-3-6-10-19)24(29)17-21(26(31)32)16-20-11-7-4-8-12-20;1-6(2)4-7(10)8(11)9(3)5-12-9/h6-15,23-24,27-30,38H,16-22H2,1-5H3,(H,36,42)(H,37,41);3-12,18,21-23,28H,13-17H2,1-2H3,(H,27,30)(H,31,32);6-7H,4-5,10H2,1-3H3/t27-,28+,29+,30+,35-;21-,22+,23+;7-,9+/m110/s1. The lowest BCUT2D eigenvalue weighted by molar-refractivity contribution is -0.144. The summed E-state index contributed by atoms with van der Waals surface area (Å²) in [7, 11) is 0. The molecule has 0 radical (unpaired) electrons. The van der Waals surface area contributed by atoms with Crippen molar-refractivity contribution in [2.75, 3.05) is 13.2 Å². The van der Waals surface area contributed by atoms with Gasteiger partial charge in [-0.25, -0.2) is 0 Å². The van der Waals surface area contributed by atoms with Crippen molar-refractivity contribution in [3.63, 3.8) is 0 Å². The van der Waals surface area contributed by atoms with Gasteiger partial charge < -0.3 is 46.5 Å². The van der Waals surface area contributed by atoms with Gasteiger partial charge in [0.1, 0.15) is 23.4 Å². The normalized spacial score (nSPS) is 18.6. The fourth-order valence-electron chi connectivity index (χ4n) is 10.1. The lowest BCUT2D eigenvalue weighted by Gasteiger charge is -2.26. The van der Waals surface area contributed by atoms with Crippen LogP contribution in [-0.4, -0.2) is 123 Å². The Labute approximate surface area is 515 Å². The van der Waals surface area contributed by atoms with E-state index < -0.39 is 71.2 Å². The molecule has 0 bridgehead atoms. The summed E-state index contributed by atoms with van der Waals surface area (Å²) < 4.78 is 10.4. The molecular weight excluding hydrogens is 1100 g/mol. The highest BCUT2D eigenvalue weighted by Crippen LogP contribution is 2.31. The second-order valence-electron chi connectivity index (χ2n) is 25.6. The number of carboxylic acids is 1. The molecule has 17 nitrogen and oxygen atoms in total. The smallest absolute Gasteiger partial charge is 0.307 e. The number of aliphatic carboxylic acids is 1. The van der Waals surface area contributed by atoms with Crippen LogP contribution in [0.4, 0.5) is 0 Å². The number of hydrogen-bond donors (Lipinski definition) is 7. The molecule has 476 valence electrons. The average molecular weight is 1200 g/mol. The predicted molar refractivity (Wildman–Crippen MR) is 336 cm³/mol. The molecule has 2 aliphatic rings. The Balaban J connectivity index is 0.000000321. The van der Waals surface area contributed by atoms with Crippen LogP contribution in [0.2, 0.25) is 0 Å². The van der Waals surface area contributed by atoms with Crippen molar-refractivity contribution >= 4 is 46.8 Å². The molecule has 0 spiro atoms. The third-order valence-corrected chi connectivity index (χ3v) is 15.4. The Kier molecular flexibility index (Phi) is 30.0. The number of nitrogens with two attached hydrogens (primary N) is 1. The molecule has 87 heavy (non-hydrogen) atoms. The molecule has 4 aromatic rings. The minimum absolute atomic E-state index is 0.0520. The van der Waals surface area contributed by atoms with E-state index in [0.717, 1.165) is 28.7 Å². The Bertz CT molecular complexity index is 2790. The second kappa shape index (κ2) is 35.9. The number of carboxylic acid groups (broad SMARTS) is 1. The maximum absolute atomic E-state index is 13.7. The summed E-state index contributed by atoms with van der Waals surface area (Å²) in [5.74, 6) is -4.14. The number of epoxide rings is 2. The fraction of sp³-hybridized carbons (Fsp3) is 0.543. The minimum atomic E-state index is -1.26. The van der Waals surface area contributed by atoms with Crippen LogP contribution in [0.5, 0.6) is 0 Å². The van der Waals surface area contributed by atoms with Gasteiger partial charge in [-0.15, -0.1) is 0 Å². The summed E-state index contributed by atoms with van der Waals surface area (Å²) in [6.07, 6.45) is 1.24. The van der Waals surface area contributed by atoms with E-state index in [1.165, 1.54) is 0 Å². The largest absolute Gasteiger partial charge is 0.481 e. The van der Waals surface area contributed by atoms with Crippen LogP contribution in [0, 0.1) is 35.5 Å². The van der Waals surface area contributed by atoms with Gasteiger partial charge in [-0.1, -0.05) is 177 Å². The number of rotatable bonds is 35. The zero-order valence-electron chi connectivity index (χ0n) is 52.9. The maximum atomic E-state index is 13.7. The van der Waals surface area contributed by atoms with E-state index in [-0.39, 0.29) is 84.9 Å². The molecule has 6 rings (SSSR count). The maximum Gasteiger partial charge on any atom is 0.307 e. The number of ketones is 4. The molecule has 10 atom stereocenters. The van der Waals surface area contributed by atoms with Crippen LogP contribution < -0.4 is 21.7 Å². The molecular formula is C70H98N4O13. The number of aryl methyl sites for hydroxylation is 2. The first-order valence-corrected chi connectivity index (χ1v) is 30.9. The summed E-state index contributed by atoms with van der Waals surface area (Å²) in [6, 6.07) is 35.0. The first kappa shape index (κ1) is 72.7. The number of carbonyl (C=O) groups excluding carboxylic acids is 7. The number of carbonyl (C=O) groups is 8. The molecule has 0 saturated carbocycles. The van der Waals surface area contributed by atoms with Crippen molar-refractivity contribution < 1.29 is 63.1 Å². The molecule has 0 aliphatic carbocycles. The predicted octanol–water partition coefficient (Wildman–Crippen LogP) is 8.35. The molecule has 0 unspecified atom stereocenters. The second-order valence-corrected chi connectivity index (χ2v) is 25.6. The van der Waals surface area contributed by atoms with Crippen LogP contribution in [0.1, 0.15) is 143 Å². The van der Waals surface area contributed by atoms with Crippen LogP contribution in [-0.2, 0) is 73.5 Å². The zero-order valence-corrected chi connectivity index (χ0v) is 52.9. The van der Waals surface area contributed by atoms with Gasteiger partial charge in [-0.2, -0.15) is 0 Å². The summed E-state index contributed by atoms with van der Waals surface area (Å²) in [6.45, 7) is 20.3. The van der Waals surface area contributed by atoms with Crippen LogP contribution >= 0.6 is 0 Å². The Morgan fingerprint density at radius 3 is 1.11 bits per heavy atom. The Morgan fingerprint density at radius 1 is 0.460 bits per heavy atom. The van der Waals surface area contributed by atoms with Crippen molar-refractivity contribution in [3.8, 4) is 0 Å². The number of aliphatic hydroxyl groups excluding tert-OH is 2. The Hall–Kier alpha value is -6.76. The highest BCUT2D eigenvalue weighted by molar-refractivity contribution is 5.98. The van der Waals surface area contributed by atoms with E-state index in [9.17, 15) is 53.7 Å². The Morgan fingerprint density at radius 2 is 0.770 bits per heavy atom. The minimum Gasteiger partial charge on any atom is -0.481 e. The number of ether oxygens (including phenoxy) is 2. The number of aliphatic hydroxyl groups is 2. The molecule has 3 amide bonds. The van der Waals surface area contributed by atoms with Gasteiger partial charge in [-0.3, -0.25) is 38.4 Å². The van der Waals surface area contributed by atoms with Gasteiger partial charge in [0.25, 0.3) is 0 Å². The van der Waals surface area contributed by atoms with Crippen molar-refractivity contribution in [3.05, 3.63) is 144 Å². The molecule has 2 saturated heterocycles. The zero-order chi connectivity index (χ0) is 64.4. The third kappa shape index (κ3) is 26.6. The SMILES string of the molecule is CC(C)C[C@H](N)C(=O)[C@@]1(C)CO1.CC(C)C[C@H](NC(=O)[C@@H](O)CCc1ccccc1)C(=O)C[C@@H](Cc1ccccc1)C(=O)N[C@@H](CC(C)C)C(=O)[C@@]1(C)CO1.CC(C)C[C@H](NC(=O)[C@@H](O)CCc1ccccc1)C(=O)C[C@@H](Cc1ccccc1)C(=O)O. The van der Waals surface area contributed by atoms with Crippen LogP contribution in [0.15, 0.2) is 121 Å². The number of Topliss-reactive ketones (excluding diaryl/α,β-unsaturated/α-hetero) is 4. The molecule has 2 aliphatic heterocycles. The summed E-state index contributed by atoms with van der Waals surface area (Å²) in [5.41, 5.74) is 8.04. The van der Waals surface area contributed by atoms with Crippen LogP contribution in [0.25, 0.3) is 0 Å². The summed E-state index contributed by atoms with van der Waals surface area (Å²) >= 11 is 0. The molecule has 0 aromatic heterocycles. The number of hydrogen-bond acceptors (Lipinski definition) is 13. The highest BCUT2D eigenvalue weighted by atomic mass is 16.6. The molecule has 8 N–H and O–H groups in total. The third-order valence-electron chi connectivity index (χ3n) is 15.4. The molecule has 2 heterocycles. The monoisotopic (exact) mass is 1200 g/mol. The molecule has 2 fully saturated rings. The first-order valence-electron chi connectivity index (χ1n) is 30.9. The van der Waals surface area contributed by atoms with E-state index in [1.807, 2.05) is 163 Å². The van der Waals surface area contributed by atoms with Gasteiger partial charge in [0.15, 0.2) is 23.1 Å². The lowest BCUT2D eigenvalue weighted by atomic mass is 9.87. The number of benzene rings is 4. The lowest BCUT2D eigenvalue weighted by Crippen LogP contribution is -2.50.